The van der Waals surface area contributed by atoms with E-state index < -0.39 is 6.17 Å². The molecule has 13 heavy (non-hydrogen) atoms. The zero-order valence-corrected chi connectivity index (χ0v) is 8.87. The van der Waals surface area contributed by atoms with Crippen LogP contribution in [0, 0.1) is 0 Å². The Morgan fingerprint density at radius 3 is 2.62 bits per heavy atom. The van der Waals surface area contributed by atoms with E-state index in [0.29, 0.717) is 11.8 Å². The van der Waals surface area contributed by atoms with Crippen molar-refractivity contribution in [3.05, 3.63) is 42.0 Å². The summed E-state index contributed by atoms with van der Waals surface area (Å²) in [4.78, 5) is 0. The summed E-state index contributed by atoms with van der Waals surface area (Å²) < 4.78 is 12.7. The van der Waals surface area contributed by atoms with Gasteiger partial charge in [-0.1, -0.05) is 58.4 Å². The first-order valence-electron chi connectivity index (χ1n) is 4.24. The molecule has 0 saturated heterocycles. The maximum Gasteiger partial charge on any atom is 0.113 e. The molecule has 0 saturated carbocycles. The van der Waals surface area contributed by atoms with E-state index in [1.165, 1.54) is 0 Å². The fourth-order valence-corrected chi connectivity index (χ4v) is 1.24. The highest BCUT2D eigenvalue weighted by molar-refractivity contribution is 9.09. The molecule has 0 aromatic heterocycles. The van der Waals surface area contributed by atoms with Gasteiger partial charge in [0.15, 0.2) is 0 Å². The number of rotatable bonds is 4. The lowest BCUT2D eigenvalue weighted by Gasteiger charge is -1.97. The molecule has 0 N–H and O–H groups in total. The van der Waals surface area contributed by atoms with E-state index in [1.54, 1.807) is 0 Å². The maximum atomic E-state index is 12.7. The second-order valence-corrected chi connectivity index (χ2v) is 3.45. The summed E-state index contributed by atoms with van der Waals surface area (Å²) >= 11 is 3.09. The number of halogens is 2. The van der Waals surface area contributed by atoms with Gasteiger partial charge >= 0.3 is 0 Å². The summed E-state index contributed by atoms with van der Waals surface area (Å²) in [5.41, 5.74) is 1.12. The van der Waals surface area contributed by atoms with Crippen LogP contribution in [0.3, 0.4) is 0 Å². The van der Waals surface area contributed by atoms with Crippen molar-refractivity contribution in [2.75, 3.05) is 5.33 Å². The van der Waals surface area contributed by atoms with Gasteiger partial charge in [0.25, 0.3) is 0 Å². The van der Waals surface area contributed by atoms with Gasteiger partial charge in [-0.2, -0.15) is 0 Å². The highest BCUT2D eigenvalue weighted by atomic mass is 79.9. The van der Waals surface area contributed by atoms with E-state index >= 15 is 0 Å². The summed E-state index contributed by atoms with van der Waals surface area (Å²) in [5.74, 6) is 0. The average Bonchev–Trinajstić information content (AvgIpc) is 2.19. The Kier molecular flexibility index (Phi) is 4.76. The summed E-state index contributed by atoms with van der Waals surface area (Å²) in [6, 6.07) is 9.90. The molecule has 0 aliphatic carbocycles. The second-order valence-electron chi connectivity index (χ2n) is 2.80. The topological polar surface area (TPSA) is 0 Å². The van der Waals surface area contributed by atoms with Crippen LogP contribution in [0.4, 0.5) is 4.39 Å². The van der Waals surface area contributed by atoms with Crippen LogP contribution in [0.25, 0.3) is 6.08 Å². The minimum Gasteiger partial charge on any atom is -0.246 e. The molecule has 0 fully saturated rings. The van der Waals surface area contributed by atoms with E-state index in [4.69, 9.17) is 0 Å². The Hall–Kier alpha value is -0.630. The van der Waals surface area contributed by atoms with E-state index in [-0.39, 0.29) is 0 Å². The zero-order valence-electron chi connectivity index (χ0n) is 7.29. The van der Waals surface area contributed by atoms with Gasteiger partial charge in [0.1, 0.15) is 6.17 Å². The second kappa shape index (κ2) is 5.92. The van der Waals surface area contributed by atoms with Crippen LogP contribution in [0.1, 0.15) is 12.0 Å². The zero-order chi connectivity index (χ0) is 9.52. The molecule has 0 bridgehead atoms. The van der Waals surface area contributed by atoms with Crippen molar-refractivity contribution in [3.63, 3.8) is 0 Å². The molecular formula is C11H12BrF. The van der Waals surface area contributed by atoms with Crippen molar-refractivity contribution in [1.29, 1.82) is 0 Å². The van der Waals surface area contributed by atoms with E-state index in [0.717, 1.165) is 5.56 Å². The van der Waals surface area contributed by atoms with Gasteiger partial charge in [0.05, 0.1) is 0 Å². The minimum absolute atomic E-state index is 0.409. The number of hydrogen-bond donors (Lipinski definition) is 0. The van der Waals surface area contributed by atoms with Crippen molar-refractivity contribution in [3.8, 4) is 0 Å². The van der Waals surface area contributed by atoms with Crippen molar-refractivity contribution in [1.82, 2.24) is 0 Å². The Morgan fingerprint density at radius 1 is 1.31 bits per heavy atom. The molecule has 2 heteroatoms. The van der Waals surface area contributed by atoms with Gasteiger partial charge < -0.3 is 0 Å². The van der Waals surface area contributed by atoms with Crippen LogP contribution in [0.15, 0.2) is 36.4 Å². The molecule has 1 aromatic rings. The highest BCUT2D eigenvalue weighted by Gasteiger charge is 1.98. The van der Waals surface area contributed by atoms with Gasteiger partial charge in [0.2, 0.25) is 0 Å². The monoisotopic (exact) mass is 242 g/mol. The first-order chi connectivity index (χ1) is 6.33. The van der Waals surface area contributed by atoms with E-state index in [2.05, 4.69) is 15.9 Å². The molecule has 0 spiro atoms. The van der Waals surface area contributed by atoms with Gasteiger partial charge in [-0.25, -0.2) is 4.39 Å². The highest BCUT2D eigenvalue weighted by Crippen LogP contribution is 2.06. The molecule has 0 aliphatic heterocycles. The maximum absolute atomic E-state index is 12.7. The molecule has 0 unspecified atom stereocenters. The number of hydrogen-bond acceptors (Lipinski definition) is 0. The normalized spacial score (nSPS) is 13.4. The molecular weight excluding hydrogens is 231 g/mol. The third-order valence-corrected chi connectivity index (χ3v) is 2.37. The Bertz CT molecular complexity index is 256. The van der Waals surface area contributed by atoms with Crippen molar-refractivity contribution in [2.45, 2.75) is 12.6 Å². The molecule has 0 aliphatic rings. The summed E-state index contributed by atoms with van der Waals surface area (Å²) in [5, 5.41) is 0.409. The van der Waals surface area contributed by atoms with Crippen LogP contribution in [-0.2, 0) is 0 Å². The van der Waals surface area contributed by atoms with Crippen LogP contribution in [-0.4, -0.2) is 11.5 Å². The predicted molar refractivity (Wildman–Crippen MR) is 58.8 cm³/mol. The first kappa shape index (κ1) is 10.5. The van der Waals surface area contributed by atoms with Crippen LogP contribution in [0.5, 0.6) is 0 Å². The van der Waals surface area contributed by atoms with Gasteiger partial charge in [-0.15, -0.1) is 0 Å². The molecule has 1 aromatic carbocycles. The molecule has 0 radical (unpaired) electrons. The Balaban J connectivity index is 2.41. The third-order valence-electron chi connectivity index (χ3n) is 1.67. The quantitative estimate of drug-likeness (QED) is 0.705. The number of benzene rings is 1. The van der Waals surface area contributed by atoms with Gasteiger partial charge in [0, 0.05) is 5.33 Å². The molecule has 1 rings (SSSR count). The van der Waals surface area contributed by atoms with Crippen molar-refractivity contribution in [2.24, 2.45) is 0 Å². The molecule has 70 valence electrons. The fourth-order valence-electron chi connectivity index (χ4n) is 0.979. The van der Waals surface area contributed by atoms with Gasteiger partial charge in [-0.05, 0) is 12.0 Å². The van der Waals surface area contributed by atoms with Crippen LogP contribution in [0.2, 0.25) is 0 Å². The standard InChI is InChI=1S/C11H12BrF/c12-9-11(13)8-4-7-10-5-2-1-3-6-10/h1-7,11H,8-9H2/b7-4+/t11-/m1/s1. The molecule has 0 heterocycles. The van der Waals surface area contributed by atoms with Crippen LogP contribution < -0.4 is 0 Å². The Morgan fingerprint density at radius 2 is 2.00 bits per heavy atom. The molecule has 0 amide bonds. The van der Waals surface area contributed by atoms with Crippen molar-refractivity contribution >= 4 is 22.0 Å². The van der Waals surface area contributed by atoms with E-state index in [1.807, 2.05) is 42.5 Å². The van der Waals surface area contributed by atoms with E-state index in [9.17, 15) is 4.39 Å². The predicted octanol–water partition coefficient (Wildman–Crippen LogP) is 3.82. The lowest BCUT2D eigenvalue weighted by molar-refractivity contribution is 0.374. The largest absolute Gasteiger partial charge is 0.246 e. The lowest BCUT2D eigenvalue weighted by Crippen LogP contribution is -1.97. The Labute approximate surface area is 86.6 Å². The lowest BCUT2D eigenvalue weighted by atomic mass is 10.2. The number of alkyl halides is 2. The van der Waals surface area contributed by atoms with Crippen molar-refractivity contribution < 1.29 is 4.39 Å². The van der Waals surface area contributed by atoms with Gasteiger partial charge in [-0.3, -0.25) is 0 Å². The summed E-state index contributed by atoms with van der Waals surface area (Å²) in [6.45, 7) is 0. The third kappa shape index (κ3) is 4.23. The fraction of sp³-hybridized carbons (Fsp3) is 0.273. The molecule has 1 atom stereocenters. The minimum atomic E-state index is -0.778. The molecule has 0 nitrogen and oxygen atoms in total. The first-order valence-corrected chi connectivity index (χ1v) is 5.36. The number of allylic oxidation sites excluding steroid dienone is 1. The summed E-state index contributed by atoms with van der Waals surface area (Å²) in [7, 11) is 0. The SMILES string of the molecule is F[C@@H](CBr)C/C=C/c1ccccc1. The average molecular weight is 243 g/mol. The van der Waals surface area contributed by atoms with Crippen LogP contribution >= 0.6 is 15.9 Å². The summed E-state index contributed by atoms with van der Waals surface area (Å²) in [6.07, 6.45) is 3.50. The smallest absolute Gasteiger partial charge is 0.113 e.